The van der Waals surface area contributed by atoms with Gasteiger partial charge in [-0.05, 0) is 54.4 Å². The lowest BCUT2D eigenvalue weighted by Crippen LogP contribution is -2.69. The summed E-state index contributed by atoms with van der Waals surface area (Å²) >= 11 is 0. The second-order valence-electron chi connectivity index (χ2n) is 9.81. The van der Waals surface area contributed by atoms with Crippen molar-refractivity contribution in [1.29, 1.82) is 0 Å². The first kappa shape index (κ1) is 32.3. The number of halogens is 8. The van der Waals surface area contributed by atoms with Gasteiger partial charge in [0.05, 0.1) is 20.1 Å². The van der Waals surface area contributed by atoms with Gasteiger partial charge in [-0.15, -0.1) is 0 Å². The SMILES string of the molecule is COc1ccc(NC(=O)C2=C(c3ccc(C)cc3)C(F)(F)C(c3ccc(OCCC(F)(F)F)cc3)(C(F)(F)F)NC2=O)cc1. The Morgan fingerprint density at radius 1 is 0.864 bits per heavy atom. The van der Waals surface area contributed by atoms with E-state index in [1.54, 1.807) is 6.92 Å². The fourth-order valence-electron chi connectivity index (χ4n) is 4.65. The van der Waals surface area contributed by atoms with E-state index in [0.29, 0.717) is 23.4 Å². The van der Waals surface area contributed by atoms with Gasteiger partial charge < -0.3 is 20.1 Å². The molecule has 14 heteroatoms. The summed E-state index contributed by atoms with van der Waals surface area (Å²) in [6.45, 7) is 0.729. The fraction of sp³-hybridized carbons (Fsp3) is 0.267. The highest BCUT2D eigenvalue weighted by molar-refractivity contribution is 6.29. The zero-order valence-electron chi connectivity index (χ0n) is 23.0. The number of nitrogens with one attached hydrogen (secondary N) is 2. The van der Waals surface area contributed by atoms with Gasteiger partial charge in [-0.3, -0.25) is 9.59 Å². The largest absolute Gasteiger partial charge is 0.497 e. The van der Waals surface area contributed by atoms with Crippen LogP contribution in [0.25, 0.3) is 5.57 Å². The zero-order chi connectivity index (χ0) is 32.5. The van der Waals surface area contributed by atoms with Crippen LogP contribution in [-0.2, 0) is 15.1 Å². The van der Waals surface area contributed by atoms with Crippen LogP contribution in [-0.4, -0.2) is 43.8 Å². The fourth-order valence-corrected chi connectivity index (χ4v) is 4.65. The molecule has 0 saturated carbocycles. The lowest BCUT2D eigenvalue weighted by molar-refractivity contribution is -0.255. The molecule has 0 spiro atoms. The van der Waals surface area contributed by atoms with Gasteiger partial charge >= 0.3 is 18.3 Å². The molecule has 1 heterocycles. The van der Waals surface area contributed by atoms with E-state index in [4.69, 9.17) is 9.47 Å². The number of anilines is 1. The summed E-state index contributed by atoms with van der Waals surface area (Å²) in [5.74, 6) is -8.07. The van der Waals surface area contributed by atoms with Crippen LogP contribution in [0, 0.1) is 6.92 Å². The van der Waals surface area contributed by atoms with Crippen LogP contribution in [0.2, 0.25) is 0 Å². The van der Waals surface area contributed by atoms with E-state index in [2.05, 4.69) is 5.32 Å². The molecule has 3 aromatic carbocycles. The predicted octanol–water partition coefficient (Wildman–Crippen LogP) is 6.95. The molecule has 1 aliphatic heterocycles. The topological polar surface area (TPSA) is 76.7 Å². The minimum absolute atomic E-state index is 0.0384. The average molecular weight is 629 g/mol. The van der Waals surface area contributed by atoms with Crippen molar-refractivity contribution in [1.82, 2.24) is 5.32 Å². The first-order valence-electron chi connectivity index (χ1n) is 12.8. The van der Waals surface area contributed by atoms with Crippen molar-refractivity contribution in [3.63, 3.8) is 0 Å². The maximum atomic E-state index is 16.7. The lowest BCUT2D eigenvalue weighted by atomic mass is 9.73. The third-order valence-corrected chi connectivity index (χ3v) is 6.85. The first-order chi connectivity index (χ1) is 20.5. The summed E-state index contributed by atoms with van der Waals surface area (Å²) < 4.78 is 125. The summed E-state index contributed by atoms with van der Waals surface area (Å²) in [6.07, 6.45) is -11.8. The summed E-state index contributed by atoms with van der Waals surface area (Å²) in [5, 5.41) is 3.62. The van der Waals surface area contributed by atoms with E-state index in [9.17, 15) is 35.9 Å². The molecule has 3 aromatic rings. The van der Waals surface area contributed by atoms with Crippen LogP contribution in [0.5, 0.6) is 11.5 Å². The Kier molecular flexibility index (Phi) is 8.67. The Morgan fingerprint density at radius 3 is 1.95 bits per heavy atom. The van der Waals surface area contributed by atoms with Gasteiger partial charge in [0, 0.05) is 11.3 Å². The summed E-state index contributed by atoms with van der Waals surface area (Å²) in [6, 6.07) is 13.0. The molecular weight excluding hydrogens is 604 g/mol. The van der Waals surface area contributed by atoms with Gasteiger partial charge in [0.15, 0.2) is 0 Å². The molecule has 6 nitrogen and oxygen atoms in total. The number of hydrogen-bond donors (Lipinski definition) is 2. The third-order valence-electron chi connectivity index (χ3n) is 6.85. The van der Waals surface area contributed by atoms with Gasteiger partial charge in [-0.2, -0.15) is 35.1 Å². The quantitative estimate of drug-likeness (QED) is 0.209. The van der Waals surface area contributed by atoms with Crippen molar-refractivity contribution in [3.8, 4) is 11.5 Å². The average Bonchev–Trinajstić information content (AvgIpc) is 2.94. The van der Waals surface area contributed by atoms with E-state index < -0.39 is 70.9 Å². The van der Waals surface area contributed by atoms with E-state index in [1.165, 1.54) is 48.8 Å². The molecule has 0 saturated heterocycles. The number of carbonyl (C=O) groups excluding carboxylic acids is 2. The van der Waals surface area contributed by atoms with Crippen LogP contribution in [0.4, 0.5) is 40.8 Å². The first-order valence-corrected chi connectivity index (χ1v) is 12.8. The van der Waals surface area contributed by atoms with Crippen molar-refractivity contribution < 1.29 is 54.2 Å². The monoisotopic (exact) mass is 628 g/mol. The predicted molar refractivity (Wildman–Crippen MR) is 143 cm³/mol. The van der Waals surface area contributed by atoms with E-state index in [0.717, 1.165) is 24.3 Å². The molecule has 0 aromatic heterocycles. The Hall–Kier alpha value is -4.62. The molecule has 1 unspecified atom stereocenters. The molecule has 1 atom stereocenters. The molecule has 44 heavy (non-hydrogen) atoms. The van der Waals surface area contributed by atoms with E-state index in [-0.39, 0.29) is 11.4 Å². The third kappa shape index (κ3) is 6.19. The molecule has 2 N–H and O–H groups in total. The molecule has 0 aliphatic carbocycles. The number of ether oxygens (including phenoxy) is 2. The molecule has 1 aliphatic rings. The Balaban J connectivity index is 1.85. The highest BCUT2D eigenvalue weighted by atomic mass is 19.4. The summed E-state index contributed by atoms with van der Waals surface area (Å²) in [4.78, 5) is 26.7. The van der Waals surface area contributed by atoms with Crippen molar-refractivity contribution in [3.05, 3.63) is 95.1 Å². The molecule has 0 radical (unpaired) electrons. The number of aryl methyl sites for hydroxylation is 1. The Bertz CT molecular complexity index is 1550. The Labute approximate surface area is 245 Å². The maximum absolute atomic E-state index is 16.7. The highest BCUT2D eigenvalue weighted by Crippen LogP contribution is 2.57. The second kappa shape index (κ2) is 11.8. The minimum atomic E-state index is -5.85. The number of methoxy groups -OCH3 is 1. The summed E-state index contributed by atoms with van der Waals surface area (Å²) in [7, 11) is 1.38. The van der Waals surface area contributed by atoms with Gasteiger partial charge in [-0.25, -0.2) is 0 Å². The molecular formula is C30H24F8N2O4. The summed E-state index contributed by atoms with van der Waals surface area (Å²) in [5.41, 5.74) is -8.17. The lowest BCUT2D eigenvalue weighted by Gasteiger charge is -2.46. The molecule has 0 fully saturated rings. The standard InChI is InChI=1S/C30H24F8N2O4/c1-17-3-5-18(6-4-17)24-23(25(41)39-20-9-13-21(43-2)14-10-20)26(42)40-28(29(24,34)35,30(36,37)38)19-7-11-22(12-8-19)44-16-15-27(31,32)33/h3-14H,15-16H2,1-2H3,(H,39,41)(H,40,42). The number of alkyl halides is 8. The van der Waals surface area contributed by atoms with Crippen LogP contribution in [0.3, 0.4) is 0 Å². The second-order valence-corrected chi connectivity index (χ2v) is 9.81. The number of amides is 2. The molecule has 2 amide bonds. The number of carbonyl (C=O) groups is 2. The van der Waals surface area contributed by atoms with Crippen molar-refractivity contribution in [2.75, 3.05) is 19.0 Å². The van der Waals surface area contributed by atoms with Crippen molar-refractivity contribution in [2.24, 2.45) is 0 Å². The number of hydrogen-bond acceptors (Lipinski definition) is 4. The van der Waals surface area contributed by atoms with Crippen LogP contribution in [0.1, 0.15) is 23.1 Å². The van der Waals surface area contributed by atoms with Crippen LogP contribution < -0.4 is 20.1 Å². The van der Waals surface area contributed by atoms with Gasteiger partial charge in [0.2, 0.25) is 5.54 Å². The van der Waals surface area contributed by atoms with Crippen molar-refractivity contribution in [2.45, 2.75) is 37.2 Å². The molecule has 4 rings (SSSR count). The molecule has 234 valence electrons. The minimum Gasteiger partial charge on any atom is -0.497 e. The van der Waals surface area contributed by atoms with Crippen molar-refractivity contribution >= 4 is 23.1 Å². The smallest absolute Gasteiger partial charge is 0.422 e. The number of rotatable bonds is 8. The van der Waals surface area contributed by atoms with E-state index >= 15 is 8.78 Å². The van der Waals surface area contributed by atoms with Crippen LogP contribution >= 0.6 is 0 Å². The number of benzene rings is 3. The van der Waals surface area contributed by atoms with Gasteiger partial charge in [-0.1, -0.05) is 42.0 Å². The zero-order valence-corrected chi connectivity index (χ0v) is 23.0. The highest BCUT2D eigenvalue weighted by Gasteiger charge is 2.75. The normalized spacial score (nSPS) is 18.5. The van der Waals surface area contributed by atoms with E-state index in [1.807, 2.05) is 0 Å². The van der Waals surface area contributed by atoms with Gasteiger partial charge in [0.1, 0.15) is 17.1 Å². The van der Waals surface area contributed by atoms with Crippen LogP contribution in [0.15, 0.2) is 78.4 Å². The van der Waals surface area contributed by atoms with Gasteiger partial charge in [0.25, 0.3) is 11.8 Å². The Morgan fingerprint density at radius 2 is 1.43 bits per heavy atom. The molecule has 0 bridgehead atoms. The maximum Gasteiger partial charge on any atom is 0.422 e.